The Bertz CT molecular complexity index is 3610. The highest BCUT2D eigenvalue weighted by atomic mass is 79.9. The van der Waals surface area contributed by atoms with Crippen LogP contribution in [0.5, 0.6) is 0 Å². The molecule has 0 aliphatic carbocycles. The number of nitrogens with zero attached hydrogens (tertiary/aromatic N) is 4. The first-order valence-electron chi connectivity index (χ1n) is 27.1. The van der Waals surface area contributed by atoms with Crippen molar-refractivity contribution in [1.29, 1.82) is 0 Å². The number of halogens is 2. The summed E-state index contributed by atoms with van der Waals surface area (Å²) in [7, 11) is -16.2. The highest BCUT2D eigenvalue weighted by molar-refractivity contribution is 9.10. The Morgan fingerprint density at radius 3 is 0.940 bits per heavy atom. The van der Waals surface area contributed by atoms with Gasteiger partial charge in [0.05, 0.1) is 32.0 Å². The molecule has 20 heteroatoms. The zero-order chi connectivity index (χ0) is 60.9. The van der Waals surface area contributed by atoms with Crippen molar-refractivity contribution in [3.63, 3.8) is 0 Å². The Balaban J connectivity index is 0.000000245. The molecule has 0 radical (unpaired) electrons. The van der Waals surface area contributed by atoms with Crippen LogP contribution in [0.2, 0.25) is 0 Å². The maximum Gasteiger partial charge on any atom is 0.279 e. The van der Waals surface area contributed by atoms with Crippen molar-refractivity contribution in [2.75, 3.05) is 13.1 Å². The third kappa shape index (κ3) is 19.5. The van der Waals surface area contributed by atoms with Crippen molar-refractivity contribution in [2.24, 2.45) is 10.2 Å². The number of hydrogen-bond acceptors (Lipinski definition) is 10. The van der Waals surface area contributed by atoms with Gasteiger partial charge in [-0.2, -0.15) is 35.9 Å². The number of rotatable bonds is 23. The lowest BCUT2D eigenvalue weighted by atomic mass is 10.1. The second-order valence-electron chi connectivity index (χ2n) is 19.7. The molecule has 2 atom stereocenters. The van der Waals surface area contributed by atoms with Gasteiger partial charge in [0.15, 0.2) is 0 Å². The van der Waals surface area contributed by atoms with E-state index in [1.54, 1.807) is 133 Å². The molecule has 0 saturated heterocycles. The number of sulfonamides is 4. The highest BCUT2D eigenvalue weighted by Crippen LogP contribution is 2.31. The summed E-state index contributed by atoms with van der Waals surface area (Å²) in [5.74, 6) is 0. The van der Waals surface area contributed by atoms with E-state index < -0.39 is 52.2 Å². The largest absolute Gasteiger partial charge is 0.279 e. The first-order valence-corrected chi connectivity index (χ1v) is 34.5. The van der Waals surface area contributed by atoms with E-state index in [1.165, 1.54) is 86.6 Å². The predicted molar refractivity (Wildman–Crippen MR) is 345 cm³/mol. The van der Waals surface area contributed by atoms with E-state index in [2.05, 4.69) is 65.4 Å². The van der Waals surface area contributed by atoms with Gasteiger partial charge in [-0.15, -0.1) is 0 Å². The molecule has 0 unspecified atom stereocenters. The van der Waals surface area contributed by atoms with Gasteiger partial charge < -0.3 is 0 Å². The minimum Gasteiger partial charge on any atom is -0.209 e. The van der Waals surface area contributed by atoms with Gasteiger partial charge in [-0.1, -0.05) is 227 Å². The van der Waals surface area contributed by atoms with E-state index in [1.807, 2.05) is 52.0 Å². The normalized spacial score (nSPS) is 12.6. The second kappa shape index (κ2) is 31.5. The maximum absolute atomic E-state index is 14.0. The van der Waals surface area contributed by atoms with Crippen LogP contribution >= 0.6 is 31.9 Å². The Kier molecular flexibility index (Phi) is 24.9. The zero-order valence-electron chi connectivity index (χ0n) is 47.6. The van der Waals surface area contributed by atoms with E-state index in [9.17, 15) is 33.7 Å². The van der Waals surface area contributed by atoms with Crippen LogP contribution in [0.3, 0.4) is 0 Å². The zero-order valence-corrected chi connectivity index (χ0v) is 54.1. The molecule has 14 nitrogen and oxygen atoms in total. The summed E-state index contributed by atoms with van der Waals surface area (Å²) in [6.07, 6.45) is 8.43. The summed E-state index contributed by atoms with van der Waals surface area (Å²) in [5.41, 5.74) is 6.17. The summed E-state index contributed by atoms with van der Waals surface area (Å²) in [6, 6.07) is 56.0. The summed E-state index contributed by atoms with van der Waals surface area (Å²) in [4.78, 5) is 0.268. The molecule has 84 heavy (non-hydrogen) atoms. The van der Waals surface area contributed by atoms with E-state index in [4.69, 9.17) is 0 Å². The summed E-state index contributed by atoms with van der Waals surface area (Å²) < 4.78 is 117. The van der Waals surface area contributed by atoms with E-state index in [0.29, 0.717) is 22.3 Å². The fourth-order valence-electron chi connectivity index (χ4n) is 8.08. The van der Waals surface area contributed by atoms with Crippen molar-refractivity contribution in [3.8, 4) is 0 Å². The Morgan fingerprint density at radius 2 is 0.667 bits per heavy atom. The first-order chi connectivity index (χ1) is 40.0. The van der Waals surface area contributed by atoms with E-state index in [-0.39, 0.29) is 32.7 Å². The molecule has 0 saturated carbocycles. The number of benzene rings is 8. The van der Waals surface area contributed by atoms with Gasteiger partial charge in [-0.25, -0.2) is 26.3 Å². The SMILES string of the molecule is CCCCCC.Cc1ccc(S(=O)(=O)NC[C@@H](c2ccccc2)N(/N=C/c2ccc(Br)cc2)S(=O)(=O)c2ccc(C)cc2)cc1.Cc1ccc(S(=O)(=O)NC[C@H](c2ccccc2)N(/N=C/c2ccc(Br)cc2)S(=O)(=O)c2ccc(C)cc2)cc1. The van der Waals surface area contributed by atoms with Crippen LogP contribution in [0.4, 0.5) is 0 Å². The quantitative estimate of drug-likeness (QED) is 0.0359. The molecule has 0 bridgehead atoms. The lowest BCUT2D eigenvalue weighted by Gasteiger charge is -2.29. The third-order valence-corrected chi connectivity index (χ3v) is 20.3. The summed E-state index contributed by atoms with van der Waals surface area (Å²) in [5, 5.41) is 8.85. The predicted octanol–water partition coefficient (Wildman–Crippen LogP) is 14.2. The monoisotopic (exact) mass is 1340 g/mol. The molecule has 0 aromatic heterocycles. The van der Waals surface area contributed by atoms with E-state index >= 15 is 0 Å². The van der Waals surface area contributed by atoms with Gasteiger partial charge in [0.2, 0.25) is 20.0 Å². The average molecular weight is 1340 g/mol. The minimum atomic E-state index is -4.19. The Hall–Kier alpha value is -6.62. The van der Waals surface area contributed by atoms with Crippen molar-refractivity contribution >= 4 is 84.4 Å². The van der Waals surface area contributed by atoms with Crippen molar-refractivity contribution in [3.05, 3.63) is 260 Å². The summed E-state index contributed by atoms with van der Waals surface area (Å²) >= 11 is 6.79. The second-order valence-corrected chi connectivity index (χ2v) is 28.6. The van der Waals surface area contributed by atoms with Gasteiger partial charge in [0.25, 0.3) is 20.0 Å². The van der Waals surface area contributed by atoms with Gasteiger partial charge in [0.1, 0.15) is 12.1 Å². The fraction of sp³-hybridized carbons (Fsp3) is 0.219. The molecule has 0 aliphatic rings. The number of unbranched alkanes of at least 4 members (excludes halogenated alkanes) is 3. The topological polar surface area (TPSA) is 192 Å². The molecule has 0 heterocycles. The van der Waals surface area contributed by atoms with Crippen LogP contribution in [0.15, 0.2) is 245 Å². The van der Waals surface area contributed by atoms with E-state index in [0.717, 1.165) is 40.0 Å². The molecule has 442 valence electrons. The first kappa shape index (κ1) is 66.5. The molecule has 8 aromatic carbocycles. The number of nitrogens with one attached hydrogen (secondary N) is 2. The van der Waals surface area contributed by atoms with Crippen LogP contribution < -0.4 is 9.44 Å². The van der Waals surface area contributed by atoms with Crippen molar-refractivity contribution in [2.45, 2.75) is 98.9 Å². The Labute approximate surface area is 514 Å². The molecule has 0 aliphatic heterocycles. The average Bonchev–Trinajstić information content (AvgIpc) is 2.29. The minimum absolute atomic E-state index is 0.0448. The number of aryl methyl sites for hydroxylation is 4. The third-order valence-electron chi connectivity index (χ3n) is 13.0. The van der Waals surface area contributed by atoms with Gasteiger partial charge in [-0.3, -0.25) is 0 Å². The standard InChI is InChI=1S/2C29H28BrN3O4S2.C6H14/c2*1-22-8-16-27(17-9-22)38(34,35)32-21-29(25-6-4-3-5-7-25)33(31-20-24-12-14-26(30)15-13-24)39(36,37)28-18-10-23(2)11-19-28;1-3-5-6-4-2/h2*3-20,29,32H,21H2,1-2H3;3-6H2,1-2H3/b2*31-20+;/t2*29-;/m10./s1. The fourth-order valence-corrected chi connectivity index (χ4v) is 13.5. The van der Waals surface area contributed by atoms with Gasteiger partial charge in [0, 0.05) is 22.0 Å². The number of hydrazone groups is 2. The van der Waals surface area contributed by atoms with Crippen molar-refractivity contribution in [1.82, 2.24) is 18.3 Å². The lowest BCUT2D eigenvalue weighted by molar-refractivity contribution is 0.337. The van der Waals surface area contributed by atoms with Gasteiger partial charge in [-0.05, 0) is 123 Å². The molecule has 0 spiro atoms. The van der Waals surface area contributed by atoms with Crippen LogP contribution in [-0.2, 0) is 40.1 Å². The maximum atomic E-state index is 14.0. The smallest absolute Gasteiger partial charge is 0.209 e. The van der Waals surface area contributed by atoms with Crippen LogP contribution in [-0.4, -0.2) is 68.0 Å². The Morgan fingerprint density at radius 1 is 0.393 bits per heavy atom. The van der Waals surface area contributed by atoms with Crippen LogP contribution in [0, 0.1) is 27.7 Å². The lowest BCUT2D eigenvalue weighted by Crippen LogP contribution is -2.39. The van der Waals surface area contributed by atoms with Crippen molar-refractivity contribution < 1.29 is 33.7 Å². The van der Waals surface area contributed by atoms with Crippen LogP contribution in [0.25, 0.3) is 0 Å². The molecule has 0 amide bonds. The molecule has 8 rings (SSSR count). The molecule has 0 fully saturated rings. The highest BCUT2D eigenvalue weighted by Gasteiger charge is 2.35. The molecular weight excluding hydrogens is 1270 g/mol. The summed E-state index contributed by atoms with van der Waals surface area (Å²) in [6.45, 7) is 11.4. The number of hydrogen-bond donors (Lipinski definition) is 2. The van der Waals surface area contributed by atoms with Gasteiger partial charge >= 0.3 is 0 Å². The molecular formula is C64H70Br2N6O8S4. The van der Waals surface area contributed by atoms with Crippen LogP contribution in [0.1, 0.15) is 96.1 Å². The molecule has 2 N–H and O–H groups in total. The molecule has 8 aromatic rings.